The molecule has 1 aliphatic carbocycles. The maximum Gasteiger partial charge on any atom is 0.237 e. The van der Waals surface area contributed by atoms with E-state index >= 15 is 0 Å². The van der Waals surface area contributed by atoms with E-state index in [1.807, 2.05) is 20.8 Å². The molecule has 0 aromatic carbocycles. The lowest BCUT2D eigenvalue weighted by Crippen LogP contribution is -2.60. The number of H-pyrrole nitrogens is 1. The van der Waals surface area contributed by atoms with Crippen molar-refractivity contribution in [3.8, 4) is 0 Å². The number of carbonyl (C=O) groups is 1. The number of carbonyl (C=O) groups excluding carboxylic acids is 1. The summed E-state index contributed by atoms with van der Waals surface area (Å²) in [5.74, 6) is 0.562. The second kappa shape index (κ2) is 6.13. The molecule has 7 heteroatoms. The number of nitrogens with zero attached hydrogens (tertiary/aromatic N) is 2. The van der Waals surface area contributed by atoms with Crippen LogP contribution in [-0.4, -0.2) is 37.9 Å². The maximum absolute atomic E-state index is 11.9. The molecule has 2 atom stereocenters. The summed E-state index contributed by atoms with van der Waals surface area (Å²) < 4.78 is 0. The van der Waals surface area contributed by atoms with E-state index in [9.17, 15) is 4.79 Å². The summed E-state index contributed by atoms with van der Waals surface area (Å²) in [6, 6.07) is 0.233. The van der Waals surface area contributed by atoms with E-state index < -0.39 is 5.54 Å². The third-order valence-electron chi connectivity index (χ3n) is 3.59. The molecule has 6 nitrogen and oxygen atoms in total. The van der Waals surface area contributed by atoms with Crippen molar-refractivity contribution in [1.29, 1.82) is 0 Å². The first-order valence-corrected chi connectivity index (χ1v) is 7.92. The molecule has 2 rings (SSSR count). The highest BCUT2D eigenvalue weighted by atomic mass is 32.2. The molecule has 0 spiro atoms. The first-order valence-electron chi connectivity index (χ1n) is 7.04. The fourth-order valence-electron chi connectivity index (χ4n) is 2.83. The average Bonchev–Trinajstić information content (AvgIpc) is 2.74. The molecule has 1 aromatic rings. The molecule has 1 fully saturated rings. The van der Waals surface area contributed by atoms with Crippen LogP contribution in [0.25, 0.3) is 0 Å². The van der Waals surface area contributed by atoms with Crippen LogP contribution in [-0.2, 0) is 4.79 Å². The molecule has 0 radical (unpaired) electrons. The van der Waals surface area contributed by atoms with Crippen LogP contribution >= 0.6 is 11.8 Å². The number of nitrogens with two attached hydrogens (primary N) is 1. The first kappa shape index (κ1) is 15.3. The van der Waals surface area contributed by atoms with Crippen molar-refractivity contribution in [3.63, 3.8) is 0 Å². The minimum atomic E-state index is -0.588. The molecule has 112 valence electrons. The van der Waals surface area contributed by atoms with Crippen molar-refractivity contribution >= 4 is 17.7 Å². The van der Waals surface area contributed by atoms with E-state index in [-0.39, 0.29) is 11.9 Å². The molecule has 20 heavy (non-hydrogen) atoms. The van der Waals surface area contributed by atoms with Gasteiger partial charge in [0.25, 0.3) is 0 Å². The van der Waals surface area contributed by atoms with Gasteiger partial charge < -0.3 is 11.1 Å². The van der Waals surface area contributed by atoms with Crippen LogP contribution in [0.15, 0.2) is 5.16 Å². The van der Waals surface area contributed by atoms with Gasteiger partial charge in [-0.2, -0.15) is 0 Å². The Kier molecular flexibility index (Phi) is 4.70. The lowest BCUT2D eigenvalue weighted by Gasteiger charge is -2.40. The Morgan fingerprint density at radius 2 is 2.35 bits per heavy atom. The summed E-state index contributed by atoms with van der Waals surface area (Å²) in [6.45, 7) is 5.96. The van der Waals surface area contributed by atoms with Crippen LogP contribution in [0.5, 0.6) is 0 Å². The summed E-state index contributed by atoms with van der Waals surface area (Å²) in [5.41, 5.74) is 5.07. The Morgan fingerprint density at radius 1 is 1.60 bits per heavy atom. The van der Waals surface area contributed by atoms with E-state index in [4.69, 9.17) is 5.73 Å². The molecule has 2 unspecified atom stereocenters. The molecule has 0 bridgehead atoms. The van der Waals surface area contributed by atoms with Crippen LogP contribution < -0.4 is 11.1 Å². The Morgan fingerprint density at radius 3 is 2.90 bits per heavy atom. The van der Waals surface area contributed by atoms with Gasteiger partial charge in [0.15, 0.2) is 0 Å². The van der Waals surface area contributed by atoms with Gasteiger partial charge in [-0.05, 0) is 46.5 Å². The quantitative estimate of drug-likeness (QED) is 0.762. The van der Waals surface area contributed by atoms with Crippen LogP contribution in [0.4, 0.5) is 0 Å². The van der Waals surface area contributed by atoms with Gasteiger partial charge in [-0.25, -0.2) is 4.98 Å². The number of aromatic amines is 1. The highest BCUT2D eigenvalue weighted by Gasteiger charge is 2.42. The second-order valence-electron chi connectivity index (χ2n) is 5.79. The summed E-state index contributed by atoms with van der Waals surface area (Å²) >= 11 is 1.63. The fraction of sp³-hybridized carbons (Fsp3) is 0.769. The standard InChI is InChI=1S/C13H23N5OS/c1-8(2)16-13(11(14)19)6-4-5-10(7-13)20-12-15-9(3)17-18-12/h8,10,16H,4-7H2,1-3H3,(H2,14,19)(H,15,17,18). The highest BCUT2D eigenvalue weighted by molar-refractivity contribution is 7.99. The topological polar surface area (TPSA) is 96.7 Å². The maximum atomic E-state index is 11.9. The Hall–Kier alpha value is -1.08. The summed E-state index contributed by atoms with van der Waals surface area (Å²) in [4.78, 5) is 16.2. The number of nitrogens with one attached hydrogen (secondary N) is 2. The van der Waals surface area contributed by atoms with Gasteiger partial charge in [-0.3, -0.25) is 9.89 Å². The van der Waals surface area contributed by atoms with Gasteiger partial charge in [0, 0.05) is 11.3 Å². The predicted molar refractivity (Wildman–Crippen MR) is 79.4 cm³/mol. The minimum Gasteiger partial charge on any atom is -0.368 e. The highest BCUT2D eigenvalue weighted by Crippen LogP contribution is 2.37. The van der Waals surface area contributed by atoms with E-state index in [1.54, 1.807) is 11.8 Å². The SMILES string of the molecule is Cc1nc(SC2CCCC(NC(C)C)(C(N)=O)C2)n[nH]1. The molecule has 4 N–H and O–H groups in total. The molecular formula is C13H23N5OS. The fourth-order valence-corrected chi connectivity index (χ4v) is 4.07. The number of thioether (sulfide) groups is 1. The van der Waals surface area contributed by atoms with Crippen molar-refractivity contribution in [2.24, 2.45) is 5.73 Å². The van der Waals surface area contributed by atoms with Crippen molar-refractivity contribution in [1.82, 2.24) is 20.5 Å². The molecule has 1 saturated carbocycles. The second-order valence-corrected chi connectivity index (χ2v) is 7.05. The van der Waals surface area contributed by atoms with Gasteiger partial charge in [-0.15, -0.1) is 5.10 Å². The van der Waals surface area contributed by atoms with Crippen molar-refractivity contribution in [2.75, 3.05) is 0 Å². The van der Waals surface area contributed by atoms with E-state index in [2.05, 4.69) is 20.5 Å². The molecule has 1 heterocycles. The lowest BCUT2D eigenvalue weighted by molar-refractivity contribution is -0.126. The number of hydrogen-bond acceptors (Lipinski definition) is 5. The number of aryl methyl sites for hydroxylation is 1. The Bertz CT molecular complexity index is 475. The van der Waals surface area contributed by atoms with Gasteiger partial charge >= 0.3 is 0 Å². The number of hydrogen-bond donors (Lipinski definition) is 3. The lowest BCUT2D eigenvalue weighted by atomic mass is 9.80. The van der Waals surface area contributed by atoms with Gasteiger partial charge in [-0.1, -0.05) is 11.8 Å². The smallest absolute Gasteiger partial charge is 0.237 e. The van der Waals surface area contributed by atoms with E-state index in [1.165, 1.54) is 0 Å². The van der Waals surface area contributed by atoms with Crippen LogP contribution in [0, 0.1) is 6.92 Å². The zero-order valence-corrected chi connectivity index (χ0v) is 13.1. The molecule has 1 amide bonds. The number of aromatic nitrogens is 3. The summed E-state index contributed by atoms with van der Waals surface area (Å²) in [6.07, 6.45) is 3.60. The van der Waals surface area contributed by atoms with Gasteiger partial charge in [0.1, 0.15) is 5.82 Å². The van der Waals surface area contributed by atoms with E-state index in [0.717, 1.165) is 36.7 Å². The van der Waals surface area contributed by atoms with Crippen molar-refractivity contribution < 1.29 is 4.79 Å². The van der Waals surface area contributed by atoms with Gasteiger partial charge in [0.2, 0.25) is 11.1 Å². The molecule has 0 aliphatic heterocycles. The Balaban J connectivity index is 2.07. The molecule has 0 saturated heterocycles. The first-order chi connectivity index (χ1) is 9.41. The third kappa shape index (κ3) is 3.52. The average molecular weight is 297 g/mol. The van der Waals surface area contributed by atoms with Crippen LogP contribution in [0.3, 0.4) is 0 Å². The van der Waals surface area contributed by atoms with Gasteiger partial charge in [0.05, 0.1) is 5.54 Å². The van der Waals surface area contributed by atoms with Crippen molar-refractivity contribution in [2.45, 2.75) is 68.4 Å². The zero-order chi connectivity index (χ0) is 14.8. The number of amides is 1. The Labute approximate surface area is 123 Å². The molecular weight excluding hydrogens is 274 g/mol. The monoisotopic (exact) mass is 297 g/mol. The number of rotatable bonds is 5. The molecule has 1 aliphatic rings. The van der Waals surface area contributed by atoms with Crippen LogP contribution in [0.1, 0.15) is 45.4 Å². The van der Waals surface area contributed by atoms with Crippen molar-refractivity contribution in [3.05, 3.63) is 5.82 Å². The third-order valence-corrected chi connectivity index (χ3v) is 4.72. The zero-order valence-electron chi connectivity index (χ0n) is 12.3. The molecule has 1 aromatic heterocycles. The van der Waals surface area contributed by atoms with Crippen LogP contribution in [0.2, 0.25) is 0 Å². The summed E-state index contributed by atoms with van der Waals surface area (Å²) in [7, 11) is 0. The number of primary amides is 1. The largest absolute Gasteiger partial charge is 0.368 e. The summed E-state index contributed by atoms with van der Waals surface area (Å²) in [5, 5.41) is 11.4. The predicted octanol–water partition coefficient (Wildman–Crippen LogP) is 1.37. The minimum absolute atomic E-state index is 0.233. The normalized spacial score (nSPS) is 26.9. The van der Waals surface area contributed by atoms with E-state index in [0.29, 0.717) is 5.25 Å².